The van der Waals surface area contributed by atoms with Gasteiger partial charge in [0.1, 0.15) is 0 Å². The van der Waals surface area contributed by atoms with E-state index in [-0.39, 0.29) is 16.4 Å². The second kappa shape index (κ2) is 6.67. The Hall–Kier alpha value is -0.920. The van der Waals surface area contributed by atoms with Gasteiger partial charge in [0.2, 0.25) is 10.0 Å². The van der Waals surface area contributed by atoms with Crippen molar-refractivity contribution in [2.75, 3.05) is 18.6 Å². The summed E-state index contributed by atoms with van der Waals surface area (Å²) in [5.41, 5.74) is 0.329. The molecule has 0 amide bonds. The van der Waals surface area contributed by atoms with Gasteiger partial charge in [0.15, 0.2) is 9.84 Å². The molecule has 0 unspecified atom stereocenters. The number of sulfonamides is 1. The van der Waals surface area contributed by atoms with Crippen LogP contribution in [0.4, 0.5) is 0 Å². The fraction of sp³-hybridized carbons (Fsp3) is 0.667. The average Bonchev–Trinajstić information content (AvgIpc) is 2.89. The number of sulfone groups is 1. The van der Waals surface area contributed by atoms with Gasteiger partial charge in [0.25, 0.3) is 0 Å². The SMILES string of the molecule is CN([C@@]1(C)CCS(=O)(=O)C1)S(=O)(=O)c1ccc(C2CCCCC2)cc1. The molecule has 1 aliphatic heterocycles. The second-order valence-electron chi connectivity index (χ2n) is 7.72. The topological polar surface area (TPSA) is 71.5 Å². The summed E-state index contributed by atoms with van der Waals surface area (Å²) in [6.07, 6.45) is 6.44. The summed E-state index contributed by atoms with van der Waals surface area (Å²) in [7, 11) is -5.39. The van der Waals surface area contributed by atoms with Crippen LogP contribution in [0.25, 0.3) is 0 Å². The molecule has 1 atom stereocenters. The Morgan fingerprint density at radius 2 is 1.68 bits per heavy atom. The summed E-state index contributed by atoms with van der Waals surface area (Å²) in [5, 5.41) is 0. The first-order valence-corrected chi connectivity index (χ1v) is 12.2. The smallest absolute Gasteiger partial charge is 0.229 e. The lowest BCUT2D eigenvalue weighted by molar-refractivity contribution is 0.272. The van der Waals surface area contributed by atoms with Gasteiger partial charge >= 0.3 is 0 Å². The monoisotopic (exact) mass is 385 g/mol. The highest BCUT2D eigenvalue weighted by atomic mass is 32.2. The normalized spacial score (nSPS) is 27.6. The van der Waals surface area contributed by atoms with E-state index in [0.717, 1.165) is 0 Å². The van der Waals surface area contributed by atoms with Crippen LogP contribution in [0.15, 0.2) is 29.2 Å². The summed E-state index contributed by atoms with van der Waals surface area (Å²) in [6.45, 7) is 1.71. The maximum absolute atomic E-state index is 13.0. The Labute approximate surface area is 151 Å². The zero-order valence-electron chi connectivity index (χ0n) is 14.9. The quantitative estimate of drug-likeness (QED) is 0.799. The standard InChI is InChI=1S/C18H27NO4S2/c1-18(12-13-24(20,21)14-18)19(2)25(22,23)17-10-8-16(9-11-17)15-6-4-3-5-7-15/h8-11,15H,3-7,12-14H2,1-2H3/t18-/m0/s1. The maximum Gasteiger partial charge on any atom is 0.243 e. The third-order valence-corrected chi connectivity index (χ3v) is 9.78. The van der Waals surface area contributed by atoms with Gasteiger partial charge in [-0.05, 0) is 49.8 Å². The lowest BCUT2D eigenvalue weighted by Crippen LogP contribution is -2.48. The van der Waals surface area contributed by atoms with E-state index >= 15 is 0 Å². The van der Waals surface area contributed by atoms with Gasteiger partial charge in [0.05, 0.1) is 16.4 Å². The molecule has 0 radical (unpaired) electrons. The van der Waals surface area contributed by atoms with E-state index in [2.05, 4.69) is 0 Å². The third kappa shape index (κ3) is 3.78. The lowest BCUT2D eigenvalue weighted by atomic mass is 9.84. The van der Waals surface area contributed by atoms with E-state index < -0.39 is 25.4 Å². The van der Waals surface area contributed by atoms with Crippen molar-refractivity contribution in [2.24, 2.45) is 0 Å². The van der Waals surface area contributed by atoms with Crippen LogP contribution in [0.3, 0.4) is 0 Å². The van der Waals surface area contributed by atoms with Gasteiger partial charge in [-0.3, -0.25) is 0 Å². The average molecular weight is 386 g/mol. The van der Waals surface area contributed by atoms with Crippen LogP contribution >= 0.6 is 0 Å². The van der Waals surface area contributed by atoms with E-state index in [1.807, 2.05) is 12.1 Å². The van der Waals surface area contributed by atoms with Crippen molar-refractivity contribution >= 4 is 19.9 Å². The summed E-state index contributed by atoms with van der Waals surface area (Å²) in [5.74, 6) is 0.459. The number of nitrogens with zero attached hydrogens (tertiary/aromatic N) is 1. The number of hydrogen-bond donors (Lipinski definition) is 0. The maximum atomic E-state index is 13.0. The van der Waals surface area contributed by atoms with Crippen molar-refractivity contribution in [3.8, 4) is 0 Å². The van der Waals surface area contributed by atoms with Crippen molar-refractivity contribution < 1.29 is 16.8 Å². The molecule has 1 saturated heterocycles. The minimum atomic E-state index is -3.71. The molecule has 2 fully saturated rings. The minimum absolute atomic E-state index is 0.0456. The Bertz CT molecular complexity index is 824. The molecule has 1 aromatic rings. The first kappa shape index (κ1) is 18.9. The lowest BCUT2D eigenvalue weighted by Gasteiger charge is -2.33. The summed E-state index contributed by atoms with van der Waals surface area (Å²) >= 11 is 0. The van der Waals surface area contributed by atoms with Gasteiger partial charge < -0.3 is 0 Å². The molecule has 2 aliphatic rings. The van der Waals surface area contributed by atoms with Crippen LogP contribution in [-0.4, -0.2) is 45.2 Å². The summed E-state index contributed by atoms with van der Waals surface area (Å²) in [6, 6.07) is 7.18. The zero-order valence-corrected chi connectivity index (χ0v) is 16.6. The van der Waals surface area contributed by atoms with Crippen LogP contribution in [0.5, 0.6) is 0 Å². The number of rotatable bonds is 4. The molecule has 1 aliphatic carbocycles. The van der Waals surface area contributed by atoms with Gasteiger partial charge in [-0.25, -0.2) is 16.8 Å². The van der Waals surface area contributed by atoms with Crippen LogP contribution in [0.2, 0.25) is 0 Å². The van der Waals surface area contributed by atoms with Gasteiger partial charge in [-0.2, -0.15) is 4.31 Å². The molecule has 25 heavy (non-hydrogen) atoms. The van der Waals surface area contributed by atoms with Crippen LogP contribution in [0.1, 0.15) is 56.9 Å². The predicted octanol–water partition coefficient (Wildman–Crippen LogP) is 2.93. The molecule has 1 heterocycles. The third-order valence-electron chi connectivity index (χ3n) is 5.86. The van der Waals surface area contributed by atoms with Crippen LogP contribution < -0.4 is 0 Å². The van der Waals surface area contributed by atoms with Crippen molar-refractivity contribution in [3.63, 3.8) is 0 Å². The van der Waals surface area contributed by atoms with Crippen molar-refractivity contribution in [3.05, 3.63) is 29.8 Å². The van der Waals surface area contributed by atoms with E-state index in [0.29, 0.717) is 12.3 Å². The van der Waals surface area contributed by atoms with Crippen LogP contribution in [-0.2, 0) is 19.9 Å². The van der Waals surface area contributed by atoms with E-state index in [4.69, 9.17) is 0 Å². The van der Waals surface area contributed by atoms with Crippen LogP contribution in [0, 0.1) is 0 Å². The second-order valence-corrected chi connectivity index (χ2v) is 11.9. The Morgan fingerprint density at radius 3 is 2.20 bits per heavy atom. The molecule has 0 aromatic heterocycles. The number of hydrogen-bond acceptors (Lipinski definition) is 4. The Kier molecular flexibility index (Phi) is 5.03. The molecule has 140 valence electrons. The van der Waals surface area contributed by atoms with E-state index in [1.54, 1.807) is 19.1 Å². The molecule has 1 saturated carbocycles. The molecule has 3 rings (SSSR count). The molecular formula is C18H27NO4S2. The highest BCUT2D eigenvalue weighted by molar-refractivity contribution is 7.92. The van der Waals surface area contributed by atoms with Gasteiger partial charge in [-0.15, -0.1) is 0 Å². The highest BCUT2D eigenvalue weighted by Gasteiger charge is 2.46. The fourth-order valence-corrected chi connectivity index (χ4v) is 7.83. The minimum Gasteiger partial charge on any atom is -0.229 e. The van der Waals surface area contributed by atoms with Crippen molar-refractivity contribution in [1.29, 1.82) is 0 Å². The zero-order chi connectivity index (χ0) is 18.3. The first-order valence-electron chi connectivity index (χ1n) is 8.94. The largest absolute Gasteiger partial charge is 0.243 e. The van der Waals surface area contributed by atoms with Crippen molar-refractivity contribution in [1.82, 2.24) is 4.31 Å². The van der Waals surface area contributed by atoms with Gasteiger partial charge in [0, 0.05) is 12.6 Å². The Balaban J connectivity index is 1.82. The number of benzene rings is 1. The first-order chi connectivity index (χ1) is 11.6. The van der Waals surface area contributed by atoms with Gasteiger partial charge in [-0.1, -0.05) is 31.4 Å². The summed E-state index contributed by atoms with van der Waals surface area (Å²) in [4.78, 5) is 0.236. The van der Waals surface area contributed by atoms with E-state index in [1.165, 1.54) is 49.0 Å². The summed E-state index contributed by atoms with van der Waals surface area (Å²) < 4.78 is 50.8. The fourth-order valence-electron chi connectivity index (χ4n) is 4.04. The van der Waals surface area contributed by atoms with Crippen molar-refractivity contribution in [2.45, 2.75) is 61.8 Å². The molecule has 0 spiro atoms. The van der Waals surface area contributed by atoms with E-state index in [9.17, 15) is 16.8 Å². The molecular weight excluding hydrogens is 358 g/mol. The molecule has 0 N–H and O–H groups in total. The Morgan fingerprint density at radius 1 is 1.08 bits per heavy atom. The molecule has 1 aromatic carbocycles. The highest BCUT2D eigenvalue weighted by Crippen LogP contribution is 2.35. The molecule has 5 nitrogen and oxygen atoms in total. The molecule has 7 heteroatoms. The molecule has 0 bridgehead atoms. The predicted molar refractivity (Wildman–Crippen MR) is 98.9 cm³/mol.